The maximum absolute atomic E-state index is 4.37. The molecule has 1 N–H and O–H groups in total. The van der Waals surface area contributed by atoms with Gasteiger partial charge in [0.05, 0.1) is 0 Å². The van der Waals surface area contributed by atoms with Crippen LogP contribution in [0, 0.1) is 6.92 Å². The van der Waals surface area contributed by atoms with Gasteiger partial charge in [-0.1, -0.05) is 25.1 Å². The van der Waals surface area contributed by atoms with Crippen LogP contribution < -0.4 is 5.32 Å². The van der Waals surface area contributed by atoms with Gasteiger partial charge in [-0.3, -0.25) is 0 Å². The summed E-state index contributed by atoms with van der Waals surface area (Å²) in [7, 11) is 0. The van der Waals surface area contributed by atoms with Gasteiger partial charge in [-0.05, 0) is 30.4 Å². The van der Waals surface area contributed by atoms with Crippen molar-refractivity contribution in [2.24, 2.45) is 0 Å². The fourth-order valence-electron chi connectivity index (χ4n) is 1.75. The van der Waals surface area contributed by atoms with E-state index in [2.05, 4.69) is 48.4 Å². The number of hydrogen-bond acceptors (Lipinski definition) is 2. The summed E-state index contributed by atoms with van der Waals surface area (Å²) in [5, 5.41) is 5.85. The van der Waals surface area contributed by atoms with E-state index in [4.69, 9.17) is 0 Å². The third-order valence-corrected chi connectivity index (χ3v) is 2.57. The van der Waals surface area contributed by atoms with E-state index in [-0.39, 0.29) is 0 Å². The molecule has 0 aliphatic rings. The van der Waals surface area contributed by atoms with Crippen molar-refractivity contribution in [3.05, 3.63) is 36.0 Å². The zero-order valence-electron chi connectivity index (χ0n) is 9.25. The molecule has 78 valence electrons. The van der Waals surface area contributed by atoms with Crippen molar-refractivity contribution in [3.8, 4) is 0 Å². The van der Waals surface area contributed by atoms with Gasteiger partial charge in [0.1, 0.15) is 5.82 Å². The highest BCUT2D eigenvalue weighted by Crippen LogP contribution is 2.23. The fourth-order valence-corrected chi connectivity index (χ4v) is 1.75. The highest BCUT2D eigenvalue weighted by Gasteiger charge is 2.02. The van der Waals surface area contributed by atoms with Gasteiger partial charge < -0.3 is 5.32 Å². The van der Waals surface area contributed by atoms with Crippen molar-refractivity contribution in [2.45, 2.75) is 20.3 Å². The Labute approximate surface area is 90.3 Å². The molecule has 1 aromatic carbocycles. The summed E-state index contributed by atoms with van der Waals surface area (Å²) in [5.74, 6) is 0.998. The maximum atomic E-state index is 4.37. The summed E-state index contributed by atoms with van der Waals surface area (Å²) >= 11 is 0. The number of rotatable bonds is 3. The van der Waals surface area contributed by atoms with Crippen LogP contribution in [0.25, 0.3) is 10.8 Å². The van der Waals surface area contributed by atoms with Gasteiger partial charge in [-0.15, -0.1) is 0 Å². The zero-order chi connectivity index (χ0) is 10.7. The van der Waals surface area contributed by atoms with Crippen LogP contribution in [0.15, 0.2) is 30.5 Å². The van der Waals surface area contributed by atoms with E-state index in [0.29, 0.717) is 0 Å². The molecule has 0 saturated heterocycles. The minimum atomic E-state index is 0.972. The van der Waals surface area contributed by atoms with E-state index in [1.165, 1.54) is 16.3 Å². The summed E-state index contributed by atoms with van der Waals surface area (Å²) in [6.45, 7) is 5.26. The summed E-state index contributed by atoms with van der Waals surface area (Å²) < 4.78 is 0. The predicted octanol–water partition coefficient (Wildman–Crippen LogP) is 3.37. The highest BCUT2D eigenvalue weighted by molar-refractivity contribution is 5.93. The molecule has 15 heavy (non-hydrogen) atoms. The second-order valence-corrected chi connectivity index (χ2v) is 3.76. The number of fused-ring (bicyclic) bond motifs is 1. The van der Waals surface area contributed by atoms with Crippen molar-refractivity contribution < 1.29 is 0 Å². The van der Waals surface area contributed by atoms with E-state index in [9.17, 15) is 0 Å². The van der Waals surface area contributed by atoms with Gasteiger partial charge in [-0.25, -0.2) is 4.98 Å². The molecule has 0 bridgehead atoms. The number of aromatic nitrogens is 1. The summed E-state index contributed by atoms with van der Waals surface area (Å²) in [5.41, 5.74) is 1.30. The first kappa shape index (κ1) is 9.97. The number of nitrogens with zero attached hydrogens (tertiary/aromatic N) is 1. The monoisotopic (exact) mass is 200 g/mol. The van der Waals surface area contributed by atoms with E-state index in [1.54, 1.807) is 0 Å². The van der Waals surface area contributed by atoms with Crippen LogP contribution in [0.2, 0.25) is 0 Å². The van der Waals surface area contributed by atoms with E-state index in [0.717, 1.165) is 18.8 Å². The maximum Gasteiger partial charge on any atom is 0.133 e. The third kappa shape index (κ3) is 1.94. The van der Waals surface area contributed by atoms with Crippen LogP contribution >= 0.6 is 0 Å². The van der Waals surface area contributed by atoms with E-state index < -0.39 is 0 Å². The zero-order valence-corrected chi connectivity index (χ0v) is 9.25. The lowest BCUT2D eigenvalue weighted by Crippen LogP contribution is -2.02. The van der Waals surface area contributed by atoms with Crippen molar-refractivity contribution in [2.75, 3.05) is 11.9 Å². The van der Waals surface area contributed by atoms with Crippen LogP contribution in [0.4, 0.5) is 5.82 Å². The lowest BCUT2D eigenvalue weighted by atomic mass is 10.1. The molecule has 0 saturated carbocycles. The molecule has 1 aromatic heterocycles. The topological polar surface area (TPSA) is 24.9 Å². The lowest BCUT2D eigenvalue weighted by Gasteiger charge is -2.08. The Bertz CT molecular complexity index is 463. The minimum Gasteiger partial charge on any atom is -0.370 e. The summed E-state index contributed by atoms with van der Waals surface area (Å²) in [6.07, 6.45) is 2.98. The van der Waals surface area contributed by atoms with Gasteiger partial charge in [0, 0.05) is 18.1 Å². The molecule has 2 rings (SSSR count). The number of benzene rings is 1. The molecule has 0 fully saturated rings. The molecule has 0 atom stereocenters. The first-order valence-corrected chi connectivity index (χ1v) is 5.41. The van der Waals surface area contributed by atoms with Crippen molar-refractivity contribution in [3.63, 3.8) is 0 Å². The van der Waals surface area contributed by atoms with Crippen molar-refractivity contribution >= 4 is 16.6 Å². The van der Waals surface area contributed by atoms with E-state index in [1.807, 2.05) is 6.20 Å². The average Bonchev–Trinajstić information content (AvgIpc) is 2.27. The molecule has 0 radical (unpaired) electrons. The second kappa shape index (κ2) is 4.30. The lowest BCUT2D eigenvalue weighted by molar-refractivity contribution is 0.972. The Kier molecular flexibility index (Phi) is 2.86. The molecule has 0 aliphatic heterocycles. The molecule has 0 spiro atoms. The van der Waals surface area contributed by atoms with Crippen LogP contribution in [0.3, 0.4) is 0 Å². The van der Waals surface area contributed by atoms with Crippen LogP contribution in [0.5, 0.6) is 0 Å². The average molecular weight is 200 g/mol. The van der Waals surface area contributed by atoms with Crippen LogP contribution in [0.1, 0.15) is 18.9 Å². The van der Waals surface area contributed by atoms with Crippen molar-refractivity contribution in [1.29, 1.82) is 0 Å². The van der Waals surface area contributed by atoms with Gasteiger partial charge in [-0.2, -0.15) is 0 Å². The molecular formula is C13H16N2. The first-order valence-electron chi connectivity index (χ1n) is 5.41. The molecule has 2 nitrogen and oxygen atoms in total. The van der Waals surface area contributed by atoms with Gasteiger partial charge in [0.15, 0.2) is 0 Å². The Morgan fingerprint density at radius 2 is 2.07 bits per heavy atom. The number of hydrogen-bond donors (Lipinski definition) is 1. The van der Waals surface area contributed by atoms with Crippen molar-refractivity contribution in [1.82, 2.24) is 4.98 Å². The van der Waals surface area contributed by atoms with Gasteiger partial charge >= 0.3 is 0 Å². The molecule has 0 amide bonds. The Balaban J connectivity index is 2.51. The third-order valence-electron chi connectivity index (χ3n) is 2.57. The molecule has 2 aromatic rings. The van der Waals surface area contributed by atoms with E-state index >= 15 is 0 Å². The minimum absolute atomic E-state index is 0.972. The van der Waals surface area contributed by atoms with Gasteiger partial charge in [0.25, 0.3) is 0 Å². The number of nitrogens with one attached hydrogen (secondary N) is 1. The molecule has 0 unspecified atom stereocenters. The normalized spacial score (nSPS) is 10.5. The first-order chi connectivity index (χ1) is 7.33. The summed E-state index contributed by atoms with van der Waals surface area (Å²) in [6, 6.07) is 8.40. The van der Waals surface area contributed by atoms with Crippen LogP contribution in [-0.2, 0) is 0 Å². The number of pyridine rings is 1. The molecule has 0 aliphatic carbocycles. The highest BCUT2D eigenvalue weighted by atomic mass is 15.0. The number of aryl methyl sites for hydroxylation is 1. The Morgan fingerprint density at radius 3 is 2.87 bits per heavy atom. The molecule has 2 heteroatoms. The second-order valence-electron chi connectivity index (χ2n) is 3.76. The molecular weight excluding hydrogens is 184 g/mol. The standard InChI is InChI=1S/C13H16N2/c1-3-8-14-13-12-6-4-5-10(2)11(12)7-9-15-13/h4-7,9H,3,8H2,1-2H3,(H,14,15). The quantitative estimate of drug-likeness (QED) is 0.821. The largest absolute Gasteiger partial charge is 0.370 e. The SMILES string of the molecule is CCCNc1nccc2c(C)cccc12. The van der Waals surface area contributed by atoms with Gasteiger partial charge in [0.2, 0.25) is 0 Å². The number of anilines is 1. The summed E-state index contributed by atoms with van der Waals surface area (Å²) in [4.78, 5) is 4.37. The molecule has 1 heterocycles. The Hall–Kier alpha value is -1.57. The fraction of sp³-hybridized carbons (Fsp3) is 0.308. The van der Waals surface area contributed by atoms with Crippen LogP contribution in [-0.4, -0.2) is 11.5 Å². The smallest absolute Gasteiger partial charge is 0.133 e. The predicted molar refractivity (Wildman–Crippen MR) is 65.3 cm³/mol. The Morgan fingerprint density at radius 1 is 1.20 bits per heavy atom.